The van der Waals surface area contributed by atoms with Crippen LogP contribution in [0.25, 0.3) is 0 Å². The number of hydrogen-bond acceptors (Lipinski definition) is 4. The lowest BCUT2D eigenvalue weighted by Gasteiger charge is -2.37. The van der Waals surface area contributed by atoms with E-state index in [1.54, 1.807) is 0 Å². The van der Waals surface area contributed by atoms with Crippen LogP contribution in [-0.4, -0.2) is 66.7 Å². The van der Waals surface area contributed by atoms with Gasteiger partial charge < -0.3 is 15.3 Å². The van der Waals surface area contributed by atoms with Crippen LogP contribution in [0.2, 0.25) is 0 Å². The van der Waals surface area contributed by atoms with Gasteiger partial charge in [-0.2, -0.15) is 0 Å². The van der Waals surface area contributed by atoms with Crippen LogP contribution in [0.3, 0.4) is 0 Å². The van der Waals surface area contributed by atoms with E-state index in [1.807, 2.05) is 23.1 Å². The van der Waals surface area contributed by atoms with Gasteiger partial charge in [-0.05, 0) is 18.1 Å². The quantitative estimate of drug-likeness (QED) is 0.861. The maximum absolute atomic E-state index is 12.8. The smallest absolute Gasteiger partial charge is 0.230 e. The fraction of sp³-hybridized carbons (Fsp3) is 0.562. The minimum Gasteiger partial charge on any atom is -0.395 e. The van der Waals surface area contributed by atoms with E-state index in [0.29, 0.717) is 6.54 Å². The molecule has 0 aliphatic carbocycles. The predicted molar refractivity (Wildman–Crippen MR) is 82.4 cm³/mol. The minimum absolute atomic E-state index is 0.00755. The highest BCUT2D eigenvalue weighted by molar-refractivity contribution is 5.86. The van der Waals surface area contributed by atoms with E-state index in [0.717, 1.165) is 50.4 Å². The van der Waals surface area contributed by atoms with E-state index in [1.165, 1.54) is 0 Å². The molecule has 1 saturated heterocycles. The number of aliphatic hydroxyl groups excluding tert-OH is 1. The van der Waals surface area contributed by atoms with Crippen molar-refractivity contribution in [3.8, 4) is 0 Å². The minimum atomic E-state index is -0.00755. The Morgan fingerprint density at radius 3 is 2.76 bits per heavy atom. The lowest BCUT2D eigenvalue weighted by atomic mass is 9.89. The summed E-state index contributed by atoms with van der Waals surface area (Å²) >= 11 is 0. The molecule has 0 saturated carbocycles. The molecular formula is C16H23N3O2. The molecule has 1 aromatic carbocycles. The van der Waals surface area contributed by atoms with Gasteiger partial charge in [-0.1, -0.05) is 18.2 Å². The van der Waals surface area contributed by atoms with Gasteiger partial charge in [0.25, 0.3) is 0 Å². The van der Waals surface area contributed by atoms with Crippen LogP contribution in [0.15, 0.2) is 24.3 Å². The summed E-state index contributed by atoms with van der Waals surface area (Å²) in [4.78, 5) is 17.0. The molecule has 1 unspecified atom stereocenters. The number of hydrogen-bond donors (Lipinski definition) is 2. The van der Waals surface area contributed by atoms with Crippen molar-refractivity contribution in [3.63, 3.8) is 0 Å². The molecule has 114 valence electrons. The molecule has 2 N–H and O–H groups in total. The zero-order chi connectivity index (χ0) is 14.7. The number of amides is 1. The van der Waals surface area contributed by atoms with Crippen molar-refractivity contribution < 1.29 is 9.90 Å². The Bertz CT molecular complexity index is 498. The van der Waals surface area contributed by atoms with Gasteiger partial charge in [0, 0.05) is 45.0 Å². The van der Waals surface area contributed by atoms with Crippen molar-refractivity contribution in [2.24, 2.45) is 0 Å². The van der Waals surface area contributed by atoms with E-state index >= 15 is 0 Å². The molecule has 2 heterocycles. The molecule has 2 aliphatic rings. The molecule has 1 aromatic rings. The maximum atomic E-state index is 12.8. The van der Waals surface area contributed by atoms with Crippen LogP contribution in [0.5, 0.6) is 0 Å². The van der Waals surface area contributed by atoms with E-state index in [2.05, 4.69) is 16.3 Å². The van der Waals surface area contributed by atoms with Crippen LogP contribution in [0.1, 0.15) is 17.9 Å². The number of anilines is 1. The molecule has 0 spiro atoms. The van der Waals surface area contributed by atoms with Crippen LogP contribution in [0, 0.1) is 0 Å². The average molecular weight is 289 g/mol. The first-order valence-electron chi connectivity index (χ1n) is 7.74. The van der Waals surface area contributed by atoms with Crippen molar-refractivity contribution in [3.05, 3.63) is 29.8 Å². The second kappa shape index (κ2) is 6.45. The number of para-hydroxylation sites is 1. The first-order chi connectivity index (χ1) is 10.3. The summed E-state index contributed by atoms with van der Waals surface area (Å²) in [6.07, 6.45) is 0.868. The zero-order valence-corrected chi connectivity index (χ0v) is 12.3. The van der Waals surface area contributed by atoms with E-state index < -0.39 is 0 Å². The summed E-state index contributed by atoms with van der Waals surface area (Å²) in [5, 5.41) is 12.3. The number of aliphatic hydroxyl groups is 1. The third-order valence-electron chi connectivity index (χ3n) is 4.48. The van der Waals surface area contributed by atoms with E-state index in [-0.39, 0.29) is 18.4 Å². The number of rotatable bonds is 3. The first kappa shape index (κ1) is 14.4. The standard InChI is InChI=1S/C16H23N3O2/c20-12-11-18-7-9-19(10-8-18)16(21)14-5-6-17-15-4-2-1-3-13(14)15/h1-4,14,17,20H,5-12H2. The van der Waals surface area contributed by atoms with Gasteiger partial charge in [-0.25, -0.2) is 0 Å². The molecule has 0 aromatic heterocycles. The van der Waals surface area contributed by atoms with Gasteiger partial charge in [-0.3, -0.25) is 9.69 Å². The van der Waals surface area contributed by atoms with Crippen molar-refractivity contribution in [1.29, 1.82) is 0 Å². The SMILES string of the molecule is O=C(C1CCNc2ccccc21)N1CCN(CCO)CC1. The van der Waals surface area contributed by atoms with Gasteiger partial charge >= 0.3 is 0 Å². The third kappa shape index (κ3) is 3.04. The van der Waals surface area contributed by atoms with Gasteiger partial charge in [0.1, 0.15) is 0 Å². The molecular weight excluding hydrogens is 266 g/mol. The highest BCUT2D eigenvalue weighted by Crippen LogP contribution is 2.32. The molecule has 21 heavy (non-hydrogen) atoms. The zero-order valence-electron chi connectivity index (χ0n) is 12.3. The van der Waals surface area contributed by atoms with Crippen LogP contribution >= 0.6 is 0 Å². The molecule has 1 fully saturated rings. The maximum Gasteiger partial charge on any atom is 0.230 e. The summed E-state index contributed by atoms with van der Waals surface area (Å²) in [5.41, 5.74) is 2.23. The van der Waals surface area contributed by atoms with Crippen LogP contribution in [-0.2, 0) is 4.79 Å². The van der Waals surface area contributed by atoms with Gasteiger partial charge in [-0.15, -0.1) is 0 Å². The number of benzene rings is 1. The Kier molecular flexibility index (Phi) is 4.41. The number of piperazine rings is 1. The summed E-state index contributed by atoms with van der Waals surface area (Å²) in [5.74, 6) is 0.249. The summed E-state index contributed by atoms with van der Waals surface area (Å²) in [6.45, 7) is 5.01. The van der Waals surface area contributed by atoms with Crippen molar-refractivity contribution >= 4 is 11.6 Å². The van der Waals surface area contributed by atoms with Gasteiger partial charge in [0.2, 0.25) is 5.91 Å². The summed E-state index contributed by atoms with van der Waals surface area (Å²) in [7, 11) is 0. The number of nitrogens with one attached hydrogen (secondary N) is 1. The second-order valence-corrected chi connectivity index (χ2v) is 5.75. The largest absolute Gasteiger partial charge is 0.395 e. The first-order valence-corrected chi connectivity index (χ1v) is 7.74. The number of nitrogens with zero attached hydrogens (tertiary/aromatic N) is 2. The Balaban J connectivity index is 1.67. The van der Waals surface area contributed by atoms with Crippen LogP contribution in [0.4, 0.5) is 5.69 Å². The number of carbonyl (C=O) groups is 1. The fourth-order valence-electron chi connectivity index (χ4n) is 3.28. The summed E-state index contributed by atoms with van der Waals surface area (Å²) < 4.78 is 0. The highest BCUT2D eigenvalue weighted by atomic mass is 16.3. The van der Waals surface area contributed by atoms with Gasteiger partial charge in [0.15, 0.2) is 0 Å². The highest BCUT2D eigenvalue weighted by Gasteiger charge is 2.31. The number of fused-ring (bicyclic) bond motifs is 1. The number of β-amino-alcohol motifs (C(OH)–C–C–N with tert-alkyl or cyclic N) is 1. The van der Waals surface area contributed by atoms with Crippen LogP contribution < -0.4 is 5.32 Å². The van der Waals surface area contributed by atoms with Crippen molar-refractivity contribution in [2.45, 2.75) is 12.3 Å². The van der Waals surface area contributed by atoms with E-state index in [4.69, 9.17) is 5.11 Å². The molecule has 5 nitrogen and oxygen atoms in total. The lowest BCUT2D eigenvalue weighted by molar-refractivity contribution is -0.134. The molecule has 3 rings (SSSR count). The molecule has 2 aliphatic heterocycles. The van der Waals surface area contributed by atoms with E-state index in [9.17, 15) is 4.79 Å². The normalized spacial score (nSPS) is 22.5. The monoisotopic (exact) mass is 289 g/mol. The van der Waals surface area contributed by atoms with Crippen molar-refractivity contribution in [1.82, 2.24) is 9.80 Å². The molecule has 0 radical (unpaired) electrons. The van der Waals surface area contributed by atoms with Gasteiger partial charge in [0.05, 0.1) is 12.5 Å². The molecule has 5 heteroatoms. The Labute approximate surface area is 125 Å². The second-order valence-electron chi connectivity index (χ2n) is 5.75. The molecule has 0 bridgehead atoms. The molecule has 1 amide bonds. The Morgan fingerprint density at radius 1 is 1.24 bits per heavy atom. The van der Waals surface area contributed by atoms with Crippen molar-refractivity contribution in [2.75, 3.05) is 51.2 Å². The fourth-order valence-corrected chi connectivity index (χ4v) is 3.28. The molecule has 1 atom stereocenters. The Morgan fingerprint density at radius 2 is 2.00 bits per heavy atom. The lowest BCUT2D eigenvalue weighted by Crippen LogP contribution is -2.50. The third-order valence-corrected chi connectivity index (χ3v) is 4.48. The predicted octanol–water partition coefficient (Wildman–Crippen LogP) is 0.722. The summed E-state index contributed by atoms with van der Waals surface area (Å²) in [6, 6.07) is 8.12. The topological polar surface area (TPSA) is 55.8 Å². The Hall–Kier alpha value is -1.59. The average Bonchev–Trinajstić information content (AvgIpc) is 2.55. The number of carbonyl (C=O) groups excluding carboxylic acids is 1.